The van der Waals surface area contributed by atoms with Crippen molar-refractivity contribution in [2.24, 2.45) is 5.92 Å². The van der Waals surface area contributed by atoms with Crippen LogP contribution in [0.3, 0.4) is 0 Å². The largest absolute Gasteiger partial charge is 0.352 e. The zero-order valence-corrected chi connectivity index (χ0v) is 20.7. The highest BCUT2D eigenvalue weighted by atomic mass is 32.2. The second-order valence-electron chi connectivity index (χ2n) is 9.09. The fraction of sp³-hybridized carbons (Fsp3) is 0.286. The molecular formula is C28H27N5O2S. The summed E-state index contributed by atoms with van der Waals surface area (Å²) in [5.41, 5.74) is 3.25. The van der Waals surface area contributed by atoms with Crippen molar-refractivity contribution in [1.29, 1.82) is 5.26 Å². The number of thioether (sulfide) groups is 1. The molecule has 0 radical (unpaired) electrons. The van der Waals surface area contributed by atoms with Gasteiger partial charge in [-0.15, -0.1) is 0 Å². The molecule has 1 saturated heterocycles. The lowest BCUT2D eigenvalue weighted by atomic mass is 9.92. The van der Waals surface area contributed by atoms with Crippen LogP contribution in [-0.2, 0) is 9.59 Å². The van der Waals surface area contributed by atoms with Crippen LogP contribution in [0.4, 0.5) is 0 Å². The van der Waals surface area contributed by atoms with Gasteiger partial charge in [0.2, 0.25) is 5.91 Å². The van der Waals surface area contributed by atoms with Gasteiger partial charge in [0.05, 0.1) is 33.5 Å². The van der Waals surface area contributed by atoms with Crippen molar-refractivity contribution in [3.63, 3.8) is 0 Å². The van der Waals surface area contributed by atoms with Crippen LogP contribution in [-0.4, -0.2) is 45.7 Å². The number of carbonyl (C=O) groups is 2. The number of amides is 2. The second-order valence-corrected chi connectivity index (χ2v) is 10.2. The predicted octanol–water partition coefficient (Wildman–Crippen LogP) is 4.50. The lowest BCUT2D eigenvalue weighted by Crippen LogP contribution is -2.37. The Morgan fingerprint density at radius 1 is 1.19 bits per heavy atom. The van der Waals surface area contributed by atoms with Crippen LogP contribution >= 0.6 is 11.8 Å². The van der Waals surface area contributed by atoms with E-state index >= 15 is 0 Å². The number of carbonyl (C=O) groups excluding carboxylic acids is 2. The molecule has 36 heavy (non-hydrogen) atoms. The number of hydrogen-bond donors (Lipinski definition) is 1. The van der Waals surface area contributed by atoms with Crippen molar-refractivity contribution in [1.82, 2.24) is 19.6 Å². The predicted molar refractivity (Wildman–Crippen MR) is 141 cm³/mol. The number of likely N-dealkylation sites (tertiary alicyclic amines) is 1. The van der Waals surface area contributed by atoms with Crippen molar-refractivity contribution in [2.45, 2.75) is 30.7 Å². The fourth-order valence-electron chi connectivity index (χ4n) is 4.71. The average molecular weight is 498 g/mol. The molecule has 4 heterocycles. The number of pyridine rings is 1. The average Bonchev–Trinajstić information content (AvgIpc) is 3.34. The van der Waals surface area contributed by atoms with Gasteiger partial charge in [0, 0.05) is 25.7 Å². The number of nitrogens with zero attached hydrogens (tertiary/aromatic N) is 4. The molecule has 1 fully saturated rings. The lowest BCUT2D eigenvalue weighted by molar-refractivity contribution is -0.127. The zero-order chi connectivity index (χ0) is 24.9. The second kappa shape index (κ2) is 10.8. The highest BCUT2D eigenvalue weighted by Crippen LogP contribution is 2.34. The van der Waals surface area contributed by atoms with E-state index in [9.17, 15) is 9.59 Å². The van der Waals surface area contributed by atoms with Crippen LogP contribution in [0.2, 0.25) is 0 Å². The smallest absolute Gasteiger partial charge is 0.258 e. The minimum absolute atomic E-state index is 0.0124. The van der Waals surface area contributed by atoms with E-state index in [1.54, 1.807) is 30.5 Å². The number of nitriles is 1. The Kier molecular flexibility index (Phi) is 7.19. The Morgan fingerprint density at radius 3 is 2.86 bits per heavy atom. The highest BCUT2D eigenvalue weighted by molar-refractivity contribution is 8.04. The van der Waals surface area contributed by atoms with Gasteiger partial charge in [-0.3, -0.25) is 14.0 Å². The summed E-state index contributed by atoms with van der Waals surface area (Å²) in [6.45, 7) is 2.15. The van der Waals surface area contributed by atoms with E-state index in [1.165, 1.54) is 11.8 Å². The summed E-state index contributed by atoms with van der Waals surface area (Å²) in [5.74, 6) is 0.535. The van der Waals surface area contributed by atoms with E-state index < -0.39 is 0 Å². The number of hydrogen-bond acceptors (Lipinski definition) is 5. The van der Waals surface area contributed by atoms with Gasteiger partial charge in [0.1, 0.15) is 5.65 Å². The molecule has 0 spiro atoms. The summed E-state index contributed by atoms with van der Waals surface area (Å²) in [6, 6.07) is 15.3. The van der Waals surface area contributed by atoms with Gasteiger partial charge >= 0.3 is 0 Å². The lowest BCUT2D eigenvalue weighted by Gasteiger charge is -2.31. The van der Waals surface area contributed by atoms with Crippen LogP contribution in [0.5, 0.6) is 0 Å². The highest BCUT2D eigenvalue weighted by Gasteiger charge is 2.22. The molecule has 8 heteroatoms. The van der Waals surface area contributed by atoms with Crippen molar-refractivity contribution < 1.29 is 9.59 Å². The first kappa shape index (κ1) is 23.9. The Balaban J connectivity index is 1.03. The Morgan fingerprint density at radius 2 is 2.03 bits per heavy atom. The van der Waals surface area contributed by atoms with E-state index in [4.69, 9.17) is 5.26 Å². The molecule has 3 aromatic rings. The van der Waals surface area contributed by atoms with Gasteiger partial charge in [-0.1, -0.05) is 30.0 Å². The van der Waals surface area contributed by atoms with Crippen LogP contribution in [0, 0.1) is 17.2 Å². The third-order valence-corrected chi connectivity index (χ3v) is 7.72. The molecule has 0 bridgehead atoms. The molecule has 7 nitrogen and oxygen atoms in total. The summed E-state index contributed by atoms with van der Waals surface area (Å²) in [4.78, 5) is 32.2. The molecule has 5 rings (SSSR count). The van der Waals surface area contributed by atoms with Gasteiger partial charge in [-0.2, -0.15) is 5.26 Å². The summed E-state index contributed by atoms with van der Waals surface area (Å²) in [6.07, 6.45) is 11.0. The third-order valence-electron chi connectivity index (χ3n) is 6.67. The van der Waals surface area contributed by atoms with Crippen LogP contribution in [0.15, 0.2) is 64.7 Å². The quantitative estimate of drug-likeness (QED) is 0.383. The number of benzene rings is 1. The van der Waals surface area contributed by atoms with Gasteiger partial charge in [-0.25, -0.2) is 4.98 Å². The summed E-state index contributed by atoms with van der Waals surface area (Å²) < 4.78 is 2.06. The molecule has 1 aromatic carbocycles. The molecular weight excluding hydrogens is 470 g/mol. The van der Waals surface area contributed by atoms with E-state index in [0.717, 1.165) is 60.7 Å². The normalized spacial score (nSPS) is 15.6. The minimum Gasteiger partial charge on any atom is -0.352 e. The molecule has 2 amide bonds. The molecule has 0 aliphatic carbocycles. The summed E-state index contributed by atoms with van der Waals surface area (Å²) >= 11 is 1.47. The van der Waals surface area contributed by atoms with Crippen LogP contribution in [0.25, 0.3) is 17.8 Å². The minimum atomic E-state index is -0.0445. The first-order valence-corrected chi connectivity index (χ1v) is 13.0. The first-order chi connectivity index (χ1) is 17.6. The summed E-state index contributed by atoms with van der Waals surface area (Å²) in [7, 11) is 0. The van der Waals surface area contributed by atoms with Gasteiger partial charge in [0.25, 0.3) is 5.91 Å². The summed E-state index contributed by atoms with van der Waals surface area (Å²) in [5, 5.41) is 13.1. The maximum Gasteiger partial charge on any atom is 0.258 e. The van der Waals surface area contributed by atoms with E-state index in [-0.39, 0.29) is 11.8 Å². The van der Waals surface area contributed by atoms with E-state index in [0.29, 0.717) is 22.9 Å². The van der Waals surface area contributed by atoms with Gasteiger partial charge in [-0.05, 0) is 73.6 Å². The van der Waals surface area contributed by atoms with Gasteiger partial charge in [0.15, 0.2) is 0 Å². The van der Waals surface area contributed by atoms with E-state index in [1.807, 2.05) is 41.3 Å². The molecule has 0 saturated carbocycles. The number of nitrogens with one attached hydrogen (secondary N) is 1. The SMILES string of the molecule is N#Cc1cccc(/C=C/C(=O)N2CCC(CCCNC(=O)C3=Cc4cnc5cccc(n45)S3)CC2)c1. The number of imidazole rings is 1. The van der Waals surface area contributed by atoms with Crippen LogP contribution in [0.1, 0.15) is 42.5 Å². The Labute approximate surface area is 214 Å². The fourth-order valence-corrected chi connectivity index (χ4v) is 5.71. The first-order valence-electron chi connectivity index (χ1n) is 12.2. The molecule has 2 aliphatic heterocycles. The monoisotopic (exact) mass is 497 g/mol. The molecule has 1 N–H and O–H groups in total. The Hall–Kier alpha value is -3.83. The molecule has 2 aliphatic rings. The zero-order valence-electron chi connectivity index (χ0n) is 19.9. The molecule has 2 aromatic heterocycles. The maximum atomic E-state index is 12.7. The van der Waals surface area contributed by atoms with Crippen molar-refractivity contribution in [2.75, 3.05) is 19.6 Å². The van der Waals surface area contributed by atoms with Crippen molar-refractivity contribution in [3.8, 4) is 6.07 Å². The topological polar surface area (TPSA) is 90.5 Å². The van der Waals surface area contributed by atoms with Crippen LogP contribution < -0.4 is 5.32 Å². The standard InChI is InChI=1S/C28H27N5O2S/c29-18-22-5-1-4-21(16-22)9-10-26(34)32-14-11-20(12-15-32)6-3-13-30-28(35)24-17-23-19-31-25-7-2-8-27(36-24)33(23)25/h1-2,4-5,7-10,16-17,19-20H,3,6,11-15H2,(H,30,35)/b10-9+. The van der Waals surface area contributed by atoms with Crippen molar-refractivity contribution >= 4 is 41.4 Å². The molecule has 0 atom stereocenters. The number of rotatable bonds is 7. The molecule has 182 valence electrons. The number of aromatic nitrogens is 2. The maximum absolute atomic E-state index is 12.7. The van der Waals surface area contributed by atoms with Gasteiger partial charge < -0.3 is 10.2 Å². The Bertz CT molecular complexity index is 1390. The number of piperidine rings is 1. The van der Waals surface area contributed by atoms with Crippen molar-refractivity contribution in [3.05, 3.63) is 76.5 Å². The molecule has 0 unspecified atom stereocenters. The van der Waals surface area contributed by atoms with E-state index in [2.05, 4.69) is 20.8 Å². The third kappa shape index (κ3) is 5.37.